The Morgan fingerprint density at radius 2 is 1.90 bits per heavy atom. The molecule has 1 N–H and O–H groups in total. The van der Waals surface area contributed by atoms with Crippen molar-refractivity contribution in [2.75, 3.05) is 0 Å². The van der Waals surface area contributed by atoms with Crippen LogP contribution in [-0.4, -0.2) is 19.9 Å². The minimum Gasteiger partial charge on any atom is -0.340 e. The SMILES string of the molecule is CC(c1nc2cc(Cl)ncc2[nH]1)[C@H]1CC[C@@H](c2ccnc3ccc(F)cc32)CC1. The first-order chi connectivity index (χ1) is 14.1. The van der Waals surface area contributed by atoms with Crippen LogP contribution in [-0.2, 0) is 0 Å². The normalized spacial score (nSPS) is 20.9. The van der Waals surface area contributed by atoms with Crippen molar-refractivity contribution in [3.05, 3.63) is 65.1 Å². The summed E-state index contributed by atoms with van der Waals surface area (Å²) in [6.07, 6.45) is 8.03. The smallest absolute Gasteiger partial charge is 0.131 e. The van der Waals surface area contributed by atoms with Crippen LogP contribution in [0.4, 0.5) is 4.39 Å². The molecule has 0 aliphatic heterocycles. The zero-order chi connectivity index (χ0) is 20.0. The molecule has 1 saturated carbocycles. The maximum atomic E-state index is 13.8. The molecule has 0 saturated heterocycles. The summed E-state index contributed by atoms with van der Waals surface area (Å²) in [4.78, 5) is 16.7. The molecule has 29 heavy (non-hydrogen) atoms. The summed E-state index contributed by atoms with van der Waals surface area (Å²) < 4.78 is 13.8. The van der Waals surface area contributed by atoms with Gasteiger partial charge in [-0.1, -0.05) is 18.5 Å². The monoisotopic (exact) mass is 408 g/mol. The van der Waals surface area contributed by atoms with Crippen LogP contribution < -0.4 is 0 Å². The van der Waals surface area contributed by atoms with Crippen molar-refractivity contribution in [1.29, 1.82) is 0 Å². The molecular weight excluding hydrogens is 387 g/mol. The quantitative estimate of drug-likeness (QED) is 0.400. The largest absolute Gasteiger partial charge is 0.340 e. The number of aromatic nitrogens is 4. The fourth-order valence-electron chi connectivity index (χ4n) is 4.77. The fraction of sp³-hybridized carbons (Fsp3) is 0.348. The Kier molecular flexibility index (Phi) is 4.70. The van der Waals surface area contributed by atoms with E-state index < -0.39 is 0 Å². The summed E-state index contributed by atoms with van der Waals surface area (Å²) in [5, 5.41) is 1.41. The van der Waals surface area contributed by atoms with E-state index in [4.69, 9.17) is 16.6 Å². The number of hydrogen-bond acceptors (Lipinski definition) is 3. The Balaban J connectivity index is 1.34. The van der Waals surface area contributed by atoms with Crippen molar-refractivity contribution in [3.8, 4) is 0 Å². The van der Waals surface area contributed by atoms with Crippen LogP contribution in [0.2, 0.25) is 5.15 Å². The number of hydrogen-bond donors (Lipinski definition) is 1. The summed E-state index contributed by atoms with van der Waals surface area (Å²) >= 11 is 5.99. The van der Waals surface area contributed by atoms with Crippen LogP contribution in [0.3, 0.4) is 0 Å². The second-order valence-electron chi connectivity index (χ2n) is 8.11. The molecule has 0 amide bonds. The summed E-state index contributed by atoms with van der Waals surface area (Å²) in [6.45, 7) is 2.24. The number of rotatable bonds is 3. The first kappa shape index (κ1) is 18.5. The number of fused-ring (bicyclic) bond motifs is 2. The molecule has 4 aromatic rings. The van der Waals surface area contributed by atoms with Crippen LogP contribution in [0.1, 0.15) is 55.8 Å². The van der Waals surface area contributed by atoms with E-state index in [0.29, 0.717) is 22.9 Å². The van der Waals surface area contributed by atoms with Crippen LogP contribution >= 0.6 is 11.6 Å². The third-order valence-corrected chi connectivity index (χ3v) is 6.65. The minimum absolute atomic E-state index is 0.200. The summed E-state index contributed by atoms with van der Waals surface area (Å²) in [5.74, 6) is 2.16. The highest BCUT2D eigenvalue weighted by atomic mass is 35.5. The molecule has 1 fully saturated rings. The van der Waals surface area contributed by atoms with E-state index in [9.17, 15) is 4.39 Å². The van der Waals surface area contributed by atoms with Gasteiger partial charge >= 0.3 is 0 Å². The van der Waals surface area contributed by atoms with Gasteiger partial charge in [-0.3, -0.25) is 4.98 Å². The van der Waals surface area contributed by atoms with Gasteiger partial charge in [0.15, 0.2) is 0 Å². The van der Waals surface area contributed by atoms with Crippen LogP contribution in [0.5, 0.6) is 0 Å². The minimum atomic E-state index is -0.200. The number of aromatic amines is 1. The molecule has 0 bridgehead atoms. The van der Waals surface area contributed by atoms with Crippen LogP contribution in [0, 0.1) is 11.7 Å². The summed E-state index contributed by atoms with van der Waals surface area (Å²) in [7, 11) is 0. The Labute approximate surface area is 173 Å². The topological polar surface area (TPSA) is 54.5 Å². The molecule has 0 radical (unpaired) electrons. The van der Waals surface area contributed by atoms with Crippen LogP contribution in [0.25, 0.3) is 21.9 Å². The maximum Gasteiger partial charge on any atom is 0.131 e. The Morgan fingerprint density at radius 3 is 2.72 bits per heavy atom. The van der Waals surface area contributed by atoms with E-state index >= 15 is 0 Å². The number of H-pyrrole nitrogens is 1. The number of nitrogens with one attached hydrogen (secondary N) is 1. The van der Waals surface area contributed by atoms with Crippen molar-refractivity contribution in [2.24, 2.45) is 5.92 Å². The summed E-state index contributed by atoms with van der Waals surface area (Å²) in [5.41, 5.74) is 3.89. The number of pyridine rings is 2. The van der Waals surface area contributed by atoms with Gasteiger partial charge in [-0.15, -0.1) is 0 Å². The third-order valence-electron chi connectivity index (χ3n) is 6.44. The highest BCUT2D eigenvalue weighted by Crippen LogP contribution is 2.42. The number of benzene rings is 1. The van der Waals surface area contributed by atoms with Gasteiger partial charge in [0, 0.05) is 23.6 Å². The van der Waals surface area contributed by atoms with Gasteiger partial charge in [-0.2, -0.15) is 0 Å². The third kappa shape index (κ3) is 3.48. The molecule has 0 spiro atoms. The van der Waals surface area contributed by atoms with Gasteiger partial charge in [0.2, 0.25) is 0 Å². The lowest BCUT2D eigenvalue weighted by Gasteiger charge is -2.32. The molecule has 1 aliphatic carbocycles. The lowest BCUT2D eigenvalue weighted by molar-refractivity contribution is 0.286. The van der Waals surface area contributed by atoms with Gasteiger partial charge in [-0.25, -0.2) is 14.4 Å². The van der Waals surface area contributed by atoms with Crippen molar-refractivity contribution >= 4 is 33.5 Å². The average molecular weight is 409 g/mol. The van der Waals surface area contributed by atoms with Crippen molar-refractivity contribution in [1.82, 2.24) is 19.9 Å². The van der Waals surface area contributed by atoms with Crippen molar-refractivity contribution < 1.29 is 4.39 Å². The average Bonchev–Trinajstić information content (AvgIpc) is 3.16. The second-order valence-corrected chi connectivity index (χ2v) is 8.50. The molecule has 3 aromatic heterocycles. The highest BCUT2D eigenvalue weighted by molar-refractivity contribution is 6.29. The molecule has 1 aliphatic rings. The molecular formula is C23H22ClFN4. The van der Waals surface area contributed by atoms with E-state index in [2.05, 4.69) is 27.9 Å². The molecule has 4 nitrogen and oxygen atoms in total. The molecule has 1 unspecified atom stereocenters. The van der Waals surface area contributed by atoms with E-state index in [0.717, 1.165) is 53.4 Å². The Bertz CT molecular complexity index is 1180. The molecule has 1 atom stereocenters. The molecule has 148 valence electrons. The van der Waals surface area contributed by atoms with Crippen LogP contribution in [0.15, 0.2) is 42.7 Å². The predicted molar refractivity (Wildman–Crippen MR) is 114 cm³/mol. The zero-order valence-electron chi connectivity index (χ0n) is 16.2. The van der Waals surface area contributed by atoms with E-state index in [1.807, 2.05) is 6.20 Å². The number of nitrogens with zero attached hydrogens (tertiary/aromatic N) is 3. The molecule has 5 rings (SSSR count). The van der Waals surface area contributed by atoms with Gasteiger partial charge in [0.25, 0.3) is 0 Å². The van der Waals surface area contributed by atoms with E-state index in [-0.39, 0.29) is 5.82 Å². The Morgan fingerprint density at radius 1 is 1.07 bits per heavy atom. The highest BCUT2D eigenvalue weighted by Gasteiger charge is 2.29. The first-order valence-electron chi connectivity index (χ1n) is 10.1. The van der Waals surface area contributed by atoms with E-state index in [1.165, 1.54) is 11.6 Å². The molecule has 3 heterocycles. The van der Waals surface area contributed by atoms with Gasteiger partial charge in [0.1, 0.15) is 16.8 Å². The Hall–Kier alpha value is -2.53. The molecule has 6 heteroatoms. The van der Waals surface area contributed by atoms with Gasteiger partial charge in [-0.05, 0) is 67.3 Å². The first-order valence-corrected chi connectivity index (χ1v) is 10.5. The zero-order valence-corrected chi connectivity index (χ0v) is 17.0. The fourth-order valence-corrected chi connectivity index (χ4v) is 4.92. The number of halogens is 2. The van der Waals surface area contributed by atoms with E-state index in [1.54, 1.807) is 24.4 Å². The maximum absolute atomic E-state index is 13.8. The van der Waals surface area contributed by atoms with Crippen molar-refractivity contribution in [3.63, 3.8) is 0 Å². The van der Waals surface area contributed by atoms with Gasteiger partial charge in [0.05, 0.1) is 22.7 Å². The standard InChI is InChI=1S/C23H22ClFN4/c1-13(23-28-20-11-22(24)27-12-21(20)29-23)14-2-4-15(5-3-14)17-8-9-26-19-7-6-16(25)10-18(17)19/h6-15H,2-5H2,1H3,(H,28,29)/t13?,14-,15+. The number of imidazole rings is 1. The summed E-state index contributed by atoms with van der Waals surface area (Å²) in [6, 6.07) is 8.73. The molecule has 1 aromatic carbocycles. The second kappa shape index (κ2) is 7.38. The lowest BCUT2D eigenvalue weighted by Crippen LogP contribution is -2.19. The van der Waals surface area contributed by atoms with Crippen molar-refractivity contribution in [2.45, 2.75) is 44.4 Å². The van der Waals surface area contributed by atoms with Gasteiger partial charge < -0.3 is 4.98 Å². The predicted octanol–water partition coefficient (Wildman–Crippen LogP) is 6.38. The lowest BCUT2D eigenvalue weighted by atomic mass is 9.73.